The molecule has 1 heterocycles. The Bertz CT molecular complexity index is 937. The van der Waals surface area contributed by atoms with E-state index < -0.39 is 11.7 Å². The molecule has 126 valence electrons. The average Bonchev–Trinajstić information content (AvgIpc) is 3.10. The largest absolute Gasteiger partial charge is 0.507 e. The number of hydrogen-bond donors (Lipinski definition) is 3. The number of carbonyl (C=O) groups is 1. The van der Waals surface area contributed by atoms with Crippen LogP contribution in [0.4, 0.5) is 10.1 Å². The van der Waals surface area contributed by atoms with E-state index in [0.29, 0.717) is 13.1 Å². The van der Waals surface area contributed by atoms with Crippen molar-refractivity contribution in [1.29, 1.82) is 0 Å². The number of aromatic hydroxyl groups is 1. The molecule has 6 nitrogen and oxygen atoms in total. The van der Waals surface area contributed by atoms with Crippen LogP contribution in [-0.4, -0.2) is 30.1 Å². The number of amides is 1. The lowest BCUT2D eigenvalue weighted by Gasteiger charge is -2.15. The first kappa shape index (κ1) is 16.7. The second-order valence-electron chi connectivity index (χ2n) is 5.18. The quantitative estimate of drug-likeness (QED) is 0.722. The van der Waals surface area contributed by atoms with Crippen LogP contribution in [0.1, 0.15) is 10.4 Å². The molecular formula is C17H12ClFN4O2. The minimum Gasteiger partial charge on any atom is -0.507 e. The molecule has 0 atom stereocenters. The zero-order valence-corrected chi connectivity index (χ0v) is 13.6. The molecule has 0 fully saturated rings. The van der Waals surface area contributed by atoms with Gasteiger partial charge in [0.2, 0.25) is 0 Å². The highest BCUT2D eigenvalue weighted by atomic mass is 35.5. The van der Waals surface area contributed by atoms with Crippen LogP contribution in [0.2, 0.25) is 5.02 Å². The lowest BCUT2D eigenvalue weighted by molar-refractivity contribution is 0.0974. The van der Waals surface area contributed by atoms with Crippen molar-refractivity contribution < 1.29 is 14.3 Å². The number of hydrogen-bond acceptors (Lipinski definition) is 4. The van der Waals surface area contributed by atoms with Crippen molar-refractivity contribution in [3.8, 4) is 16.9 Å². The van der Waals surface area contributed by atoms with E-state index in [1.165, 1.54) is 30.3 Å². The molecule has 1 aliphatic heterocycles. The number of guanidine groups is 1. The minimum atomic E-state index is -0.688. The molecule has 0 radical (unpaired) electrons. The van der Waals surface area contributed by atoms with Crippen LogP contribution in [0.15, 0.2) is 35.3 Å². The molecule has 3 N–H and O–H groups in total. The Kier molecular flexibility index (Phi) is 4.55. The molecule has 25 heavy (non-hydrogen) atoms. The second kappa shape index (κ2) is 6.79. The van der Waals surface area contributed by atoms with Gasteiger partial charge in [0.05, 0.1) is 23.7 Å². The molecule has 2 aromatic rings. The lowest BCUT2D eigenvalue weighted by Crippen LogP contribution is -2.38. The number of carbonyl (C=O) groups excluding carboxylic acids is 1. The zero-order valence-electron chi connectivity index (χ0n) is 12.8. The Morgan fingerprint density at radius 1 is 1.40 bits per heavy atom. The highest BCUT2D eigenvalue weighted by Gasteiger charge is 2.24. The molecule has 0 spiro atoms. The van der Waals surface area contributed by atoms with Crippen LogP contribution in [0, 0.1) is 12.4 Å². The predicted octanol–water partition coefficient (Wildman–Crippen LogP) is 3.09. The van der Waals surface area contributed by atoms with E-state index in [4.69, 9.17) is 18.2 Å². The van der Waals surface area contributed by atoms with E-state index in [1.807, 2.05) is 0 Å². The van der Waals surface area contributed by atoms with Gasteiger partial charge in [0, 0.05) is 12.1 Å². The van der Waals surface area contributed by atoms with Crippen molar-refractivity contribution >= 4 is 29.2 Å². The second-order valence-corrected chi connectivity index (χ2v) is 5.56. The number of rotatable bonds is 2. The summed E-state index contributed by atoms with van der Waals surface area (Å²) in [6, 6.07) is 6.66. The summed E-state index contributed by atoms with van der Waals surface area (Å²) in [5, 5.41) is 15.4. The third kappa shape index (κ3) is 3.12. The van der Waals surface area contributed by atoms with E-state index in [-0.39, 0.29) is 39.1 Å². The maximum atomic E-state index is 13.9. The fourth-order valence-corrected chi connectivity index (χ4v) is 2.75. The highest BCUT2D eigenvalue weighted by Crippen LogP contribution is 2.42. The van der Waals surface area contributed by atoms with Gasteiger partial charge in [0.1, 0.15) is 11.6 Å². The van der Waals surface area contributed by atoms with Gasteiger partial charge in [0.15, 0.2) is 11.6 Å². The van der Waals surface area contributed by atoms with Crippen LogP contribution in [0.3, 0.4) is 0 Å². The van der Waals surface area contributed by atoms with Crippen LogP contribution in [0.25, 0.3) is 16.0 Å². The van der Waals surface area contributed by atoms with Crippen LogP contribution in [0.5, 0.6) is 5.75 Å². The van der Waals surface area contributed by atoms with Gasteiger partial charge in [0.25, 0.3) is 5.91 Å². The predicted molar refractivity (Wildman–Crippen MR) is 92.5 cm³/mol. The number of benzene rings is 2. The van der Waals surface area contributed by atoms with E-state index in [9.17, 15) is 14.3 Å². The molecule has 1 aliphatic rings. The Hall–Kier alpha value is -3.11. The van der Waals surface area contributed by atoms with Gasteiger partial charge >= 0.3 is 0 Å². The molecule has 0 unspecified atom stereocenters. The Morgan fingerprint density at radius 2 is 2.20 bits per heavy atom. The number of phenols is 1. The van der Waals surface area contributed by atoms with Crippen molar-refractivity contribution in [2.24, 2.45) is 4.99 Å². The van der Waals surface area contributed by atoms with Gasteiger partial charge in [-0.3, -0.25) is 15.1 Å². The zero-order chi connectivity index (χ0) is 18.0. The summed E-state index contributed by atoms with van der Waals surface area (Å²) < 4.78 is 13.9. The Labute approximate surface area is 147 Å². The normalized spacial score (nSPS) is 12.9. The molecule has 0 saturated heterocycles. The van der Waals surface area contributed by atoms with E-state index in [1.54, 1.807) is 0 Å². The first-order valence-corrected chi connectivity index (χ1v) is 7.68. The van der Waals surface area contributed by atoms with E-state index in [2.05, 4.69) is 20.5 Å². The summed E-state index contributed by atoms with van der Waals surface area (Å²) in [6.45, 7) is 8.44. The lowest BCUT2D eigenvalue weighted by atomic mass is 9.96. The van der Waals surface area contributed by atoms with Gasteiger partial charge in [-0.15, -0.1) is 0 Å². The highest BCUT2D eigenvalue weighted by molar-refractivity contribution is 6.34. The number of nitrogens with one attached hydrogen (secondary N) is 2. The average molecular weight is 359 g/mol. The fraction of sp³-hybridized carbons (Fsp3) is 0.118. The van der Waals surface area contributed by atoms with Crippen molar-refractivity contribution in [3.05, 3.63) is 58.2 Å². The summed E-state index contributed by atoms with van der Waals surface area (Å²) in [5.41, 5.74) is 0.111. The maximum absolute atomic E-state index is 13.9. The maximum Gasteiger partial charge on any atom is 0.261 e. The minimum absolute atomic E-state index is 0.0654. The van der Waals surface area contributed by atoms with Gasteiger partial charge in [-0.1, -0.05) is 29.8 Å². The topological polar surface area (TPSA) is 78.1 Å². The number of phenolic OH excluding ortho intramolecular Hbond substituents is 1. The fourth-order valence-electron chi connectivity index (χ4n) is 2.52. The van der Waals surface area contributed by atoms with Crippen molar-refractivity contribution in [3.63, 3.8) is 0 Å². The Morgan fingerprint density at radius 3 is 2.88 bits per heavy atom. The van der Waals surface area contributed by atoms with Crippen LogP contribution < -0.4 is 10.6 Å². The van der Waals surface area contributed by atoms with Gasteiger partial charge in [-0.25, -0.2) is 9.24 Å². The summed E-state index contributed by atoms with van der Waals surface area (Å²) in [6.07, 6.45) is 0. The van der Waals surface area contributed by atoms with Crippen molar-refractivity contribution in [1.82, 2.24) is 10.6 Å². The summed E-state index contributed by atoms with van der Waals surface area (Å²) in [7, 11) is 0. The number of aliphatic imine (C=N–C) groups is 1. The van der Waals surface area contributed by atoms with Gasteiger partial charge < -0.3 is 10.4 Å². The first-order chi connectivity index (χ1) is 12.0. The monoisotopic (exact) mass is 358 g/mol. The SMILES string of the molecule is [C-]#[N+]c1ccc(O)c(C(=O)NC2=NCCN2)c1-c1cccc(F)c1Cl. The summed E-state index contributed by atoms with van der Waals surface area (Å²) in [4.78, 5) is 20.1. The molecule has 2 aromatic carbocycles. The standard InChI is InChI=1S/C17H12ClFN4O2/c1-20-11-5-6-12(24)14(16(25)23-17-21-7-8-22-17)13(11)9-3-2-4-10(19)15(9)18/h2-6,24H,7-8H2,(H2,21,22,23,25). The Balaban J connectivity index is 2.19. The van der Waals surface area contributed by atoms with Crippen molar-refractivity contribution in [2.75, 3.05) is 13.1 Å². The van der Waals surface area contributed by atoms with Gasteiger partial charge in [-0.05, 0) is 17.7 Å². The molecule has 0 bridgehead atoms. The number of nitrogens with zero attached hydrogens (tertiary/aromatic N) is 2. The van der Waals surface area contributed by atoms with Crippen LogP contribution in [-0.2, 0) is 0 Å². The van der Waals surface area contributed by atoms with E-state index >= 15 is 0 Å². The first-order valence-electron chi connectivity index (χ1n) is 7.30. The van der Waals surface area contributed by atoms with Crippen LogP contribution >= 0.6 is 11.6 Å². The molecule has 0 aromatic heterocycles. The molecule has 0 aliphatic carbocycles. The molecule has 1 amide bonds. The summed E-state index contributed by atoms with van der Waals surface area (Å²) in [5.74, 6) is -1.44. The van der Waals surface area contributed by atoms with Gasteiger partial charge in [-0.2, -0.15) is 0 Å². The third-order valence-corrected chi connectivity index (χ3v) is 4.02. The molecule has 3 rings (SSSR count). The smallest absolute Gasteiger partial charge is 0.261 e. The van der Waals surface area contributed by atoms with Crippen molar-refractivity contribution in [2.45, 2.75) is 0 Å². The van der Waals surface area contributed by atoms with E-state index in [0.717, 1.165) is 0 Å². The number of halogens is 2. The molecular weight excluding hydrogens is 347 g/mol. The molecule has 8 heteroatoms. The summed E-state index contributed by atoms with van der Waals surface area (Å²) >= 11 is 6.03. The third-order valence-electron chi connectivity index (χ3n) is 3.64. The molecule has 0 saturated carbocycles.